The van der Waals surface area contributed by atoms with Crippen LogP contribution in [0.15, 0.2) is 194 Å². The summed E-state index contributed by atoms with van der Waals surface area (Å²) in [6.07, 6.45) is 4.33. The highest BCUT2D eigenvalue weighted by molar-refractivity contribution is 6.12. The van der Waals surface area contributed by atoms with E-state index in [2.05, 4.69) is 210 Å². The largest absolute Gasteiger partial charge is 0.310 e. The van der Waals surface area contributed by atoms with Crippen molar-refractivity contribution >= 4 is 61.8 Å². The number of hydrogen-bond acceptors (Lipinski definition) is 1. The van der Waals surface area contributed by atoms with Crippen LogP contribution in [0.5, 0.6) is 0 Å². The van der Waals surface area contributed by atoms with Crippen LogP contribution in [0.2, 0.25) is 0 Å². The van der Waals surface area contributed by atoms with Gasteiger partial charge in [-0.05, 0) is 106 Å². The second kappa shape index (κ2) is 12.8. The van der Waals surface area contributed by atoms with Crippen molar-refractivity contribution in [3.05, 3.63) is 205 Å². The maximum Gasteiger partial charge on any atom is 0.0542 e. The third kappa shape index (κ3) is 5.53. The van der Waals surface area contributed by atoms with Gasteiger partial charge in [0.05, 0.1) is 11.0 Å². The van der Waals surface area contributed by atoms with E-state index >= 15 is 0 Å². The Morgan fingerprint density at radius 2 is 0.880 bits per heavy atom. The van der Waals surface area contributed by atoms with Crippen LogP contribution in [0.1, 0.15) is 11.1 Å². The summed E-state index contributed by atoms with van der Waals surface area (Å²) in [5.74, 6) is 0. The SMILES string of the molecule is C(=Cc1ccc(N(c2ccccc2)c2ccc3c(c2)c2cc(-c4ccc5ccccc5c4)ccc2n3-c2ccccc2)cc1)c1ccccc1. The van der Waals surface area contributed by atoms with Gasteiger partial charge in [0.15, 0.2) is 0 Å². The molecule has 0 saturated heterocycles. The summed E-state index contributed by atoms with van der Waals surface area (Å²) in [4.78, 5) is 2.35. The predicted octanol–water partition coefficient (Wildman–Crippen LogP) is 13.2. The predicted molar refractivity (Wildman–Crippen MR) is 214 cm³/mol. The molecule has 0 aliphatic carbocycles. The monoisotopic (exact) mass is 638 g/mol. The zero-order valence-corrected chi connectivity index (χ0v) is 27.5. The van der Waals surface area contributed by atoms with Crippen molar-refractivity contribution in [2.75, 3.05) is 4.90 Å². The molecule has 236 valence electrons. The molecule has 8 aromatic carbocycles. The Balaban J connectivity index is 1.20. The molecule has 0 aliphatic heterocycles. The van der Waals surface area contributed by atoms with Crippen LogP contribution < -0.4 is 4.90 Å². The molecule has 0 unspecified atom stereocenters. The van der Waals surface area contributed by atoms with Gasteiger partial charge >= 0.3 is 0 Å². The van der Waals surface area contributed by atoms with Crippen molar-refractivity contribution in [2.45, 2.75) is 0 Å². The molecular formula is C48H34N2. The number of aromatic nitrogens is 1. The zero-order valence-electron chi connectivity index (χ0n) is 27.5. The summed E-state index contributed by atoms with van der Waals surface area (Å²) < 4.78 is 2.39. The summed E-state index contributed by atoms with van der Waals surface area (Å²) in [6.45, 7) is 0. The van der Waals surface area contributed by atoms with Crippen LogP contribution in [-0.4, -0.2) is 4.57 Å². The van der Waals surface area contributed by atoms with Gasteiger partial charge in [0.1, 0.15) is 0 Å². The first-order valence-electron chi connectivity index (χ1n) is 17.1. The second-order valence-electron chi connectivity index (χ2n) is 12.7. The molecule has 1 heterocycles. The number of hydrogen-bond donors (Lipinski definition) is 0. The molecule has 0 amide bonds. The molecule has 1 aromatic heterocycles. The minimum absolute atomic E-state index is 1.11. The van der Waals surface area contributed by atoms with E-state index < -0.39 is 0 Å². The average molecular weight is 639 g/mol. The lowest BCUT2D eigenvalue weighted by atomic mass is 9.99. The highest BCUT2D eigenvalue weighted by atomic mass is 15.1. The molecule has 9 rings (SSSR count). The van der Waals surface area contributed by atoms with Crippen molar-refractivity contribution in [3.63, 3.8) is 0 Å². The van der Waals surface area contributed by atoms with Crippen molar-refractivity contribution in [1.29, 1.82) is 0 Å². The van der Waals surface area contributed by atoms with E-state index in [0.29, 0.717) is 0 Å². The summed E-state index contributed by atoms with van der Waals surface area (Å²) in [6, 6.07) is 69.7. The molecule has 0 fully saturated rings. The third-order valence-corrected chi connectivity index (χ3v) is 9.54. The lowest BCUT2D eigenvalue weighted by Crippen LogP contribution is -2.09. The molecule has 2 heteroatoms. The first-order valence-corrected chi connectivity index (χ1v) is 17.1. The topological polar surface area (TPSA) is 8.17 Å². The summed E-state index contributed by atoms with van der Waals surface area (Å²) in [5, 5.41) is 4.95. The standard InChI is InChI=1S/C48H34N2/c1-4-12-35(13-5-1)20-21-36-22-27-43(28-23-36)49(41-16-6-2-7-17-41)44-29-31-48-46(34-44)45-33-40(39-25-24-37-14-10-11-15-38(37)32-39)26-30-47(45)50(48)42-18-8-3-9-19-42/h1-34H. The Morgan fingerprint density at radius 1 is 0.360 bits per heavy atom. The Hall–Kier alpha value is -6.64. The molecular weight excluding hydrogens is 605 g/mol. The van der Waals surface area contributed by atoms with E-state index in [4.69, 9.17) is 0 Å². The fraction of sp³-hybridized carbons (Fsp3) is 0. The molecule has 0 spiro atoms. The average Bonchev–Trinajstić information content (AvgIpc) is 3.52. The van der Waals surface area contributed by atoms with Gasteiger partial charge in [0.2, 0.25) is 0 Å². The van der Waals surface area contributed by atoms with Gasteiger partial charge in [-0.1, -0.05) is 133 Å². The first kappa shape index (κ1) is 29.5. The Bertz CT molecular complexity index is 2620. The Kier molecular flexibility index (Phi) is 7.53. The highest BCUT2D eigenvalue weighted by Crippen LogP contribution is 2.41. The zero-order chi connectivity index (χ0) is 33.3. The lowest BCUT2D eigenvalue weighted by molar-refractivity contribution is 1.18. The third-order valence-electron chi connectivity index (χ3n) is 9.54. The van der Waals surface area contributed by atoms with Gasteiger partial charge in [0.25, 0.3) is 0 Å². The van der Waals surface area contributed by atoms with Gasteiger partial charge in [-0.2, -0.15) is 0 Å². The fourth-order valence-corrected chi connectivity index (χ4v) is 7.07. The van der Waals surface area contributed by atoms with Crippen LogP contribution in [0.3, 0.4) is 0 Å². The van der Waals surface area contributed by atoms with Crippen LogP contribution in [-0.2, 0) is 0 Å². The van der Waals surface area contributed by atoms with E-state index in [9.17, 15) is 0 Å². The molecule has 9 aromatic rings. The van der Waals surface area contributed by atoms with E-state index in [1.807, 2.05) is 6.07 Å². The van der Waals surface area contributed by atoms with E-state index in [1.54, 1.807) is 0 Å². The second-order valence-corrected chi connectivity index (χ2v) is 12.7. The smallest absolute Gasteiger partial charge is 0.0542 e. The van der Waals surface area contributed by atoms with Gasteiger partial charge in [-0.15, -0.1) is 0 Å². The number of fused-ring (bicyclic) bond motifs is 4. The van der Waals surface area contributed by atoms with Crippen molar-refractivity contribution in [2.24, 2.45) is 0 Å². The molecule has 0 aliphatic rings. The van der Waals surface area contributed by atoms with Gasteiger partial charge in [-0.25, -0.2) is 0 Å². The molecule has 50 heavy (non-hydrogen) atoms. The van der Waals surface area contributed by atoms with Crippen LogP contribution in [0.4, 0.5) is 17.1 Å². The van der Waals surface area contributed by atoms with Crippen molar-refractivity contribution < 1.29 is 0 Å². The summed E-state index contributed by atoms with van der Waals surface area (Å²) in [7, 11) is 0. The first-order chi connectivity index (χ1) is 24.8. The van der Waals surface area contributed by atoms with Gasteiger partial charge in [-0.3, -0.25) is 0 Å². The number of nitrogens with zero attached hydrogens (tertiary/aromatic N) is 2. The quantitative estimate of drug-likeness (QED) is 0.158. The molecule has 2 nitrogen and oxygen atoms in total. The number of anilines is 3. The summed E-state index contributed by atoms with van der Waals surface area (Å²) >= 11 is 0. The number of benzene rings is 8. The summed E-state index contributed by atoms with van der Waals surface area (Å²) in [5.41, 5.74) is 11.6. The Morgan fingerprint density at radius 3 is 1.62 bits per heavy atom. The van der Waals surface area contributed by atoms with Gasteiger partial charge in [0, 0.05) is 33.5 Å². The van der Waals surface area contributed by atoms with E-state index in [-0.39, 0.29) is 0 Å². The van der Waals surface area contributed by atoms with Crippen LogP contribution >= 0.6 is 0 Å². The number of para-hydroxylation sites is 2. The maximum absolute atomic E-state index is 2.39. The maximum atomic E-state index is 2.39. The minimum atomic E-state index is 1.11. The Labute approximate surface area is 292 Å². The van der Waals surface area contributed by atoms with Crippen LogP contribution in [0.25, 0.3) is 61.5 Å². The molecule has 0 radical (unpaired) electrons. The molecule has 0 N–H and O–H groups in total. The van der Waals surface area contributed by atoms with Crippen molar-refractivity contribution in [1.82, 2.24) is 4.57 Å². The van der Waals surface area contributed by atoms with Crippen molar-refractivity contribution in [3.8, 4) is 16.8 Å². The van der Waals surface area contributed by atoms with Gasteiger partial charge < -0.3 is 9.47 Å². The van der Waals surface area contributed by atoms with Crippen LogP contribution in [0, 0.1) is 0 Å². The van der Waals surface area contributed by atoms with E-state index in [0.717, 1.165) is 28.3 Å². The normalized spacial score (nSPS) is 11.5. The molecule has 0 atom stereocenters. The molecule has 0 saturated carbocycles. The number of rotatable bonds is 7. The minimum Gasteiger partial charge on any atom is -0.310 e. The van der Waals surface area contributed by atoms with E-state index in [1.165, 1.54) is 49.3 Å². The highest BCUT2D eigenvalue weighted by Gasteiger charge is 2.18. The fourth-order valence-electron chi connectivity index (χ4n) is 7.07. The lowest BCUT2D eigenvalue weighted by Gasteiger charge is -2.25. The molecule has 0 bridgehead atoms.